The van der Waals surface area contributed by atoms with E-state index in [0.717, 1.165) is 52.4 Å². The largest absolute Gasteiger partial charge is 0.480 e. The molecule has 0 spiro atoms. The summed E-state index contributed by atoms with van der Waals surface area (Å²) in [6.45, 7) is 11.2. The molecule has 0 atom stereocenters. The first-order chi connectivity index (χ1) is 16.4. The van der Waals surface area contributed by atoms with Crippen molar-refractivity contribution in [3.63, 3.8) is 0 Å². The molecule has 0 aromatic rings. The summed E-state index contributed by atoms with van der Waals surface area (Å²) >= 11 is 0. The van der Waals surface area contributed by atoms with Crippen molar-refractivity contribution >= 4 is 14.4 Å². The predicted molar refractivity (Wildman–Crippen MR) is 117 cm³/mol. The van der Waals surface area contributed by atoms with Crippen LogP contribution in [0.25, 0.3) is 0 Å². The molecule has 0 aliphatic carbocycles. The van der Waals surface area contributed by atoms with Crippen molar-refractivity contribution in [2.24, 2.45) is 0 Å². The SMILES string of the molecule is N#CCN1CCNCC1.[3H]N1CCN(CC#N)CC1.[3H]N1CCN(CC(=O)O)CC1.[3H][3H].[3H][3H].[B]. The minimum Gasteiger partial charge on any atom is -0.480 e. The number of nitrogens with zero attached hydrogens (tertiary/aromatic N) is 5. The van der Waals surface area contributed by atoms with Gasteiger partial charge in [0.15, 0.2) is 0 Å². The van der Waals surface area contributed by atoms with Crippen LogP contribution in [0.3, 0.4) is 0 Å². The Morgan fingerprint density at radius 1 is 0.897 bits per heavy atom. The van der Waals surface area contributed by atoms with Crippen molar-refractivity contribution in [2.45, 2.75) is 0 Å². The number of piperazine rings is 3. The number of hydrogen-bond donors (Lipinski definition) is 4. The summed E-state index contributed by atoms with van der Waals surface area (Å²) in [7, 11) is 0. The van der Waals surface area contributed by atoms with Crippen LogP contribution in [0.15, 0.2) is 0 Å². The van der Waals surface area contributed by atoms with Gasteiger partial charge >= 0.3 is 5.97 Å². The van der Waals surface area contributed by atoms with Gasteiger partial charge in [0.05, 0.1) is 31.8 Å². The van der Waals surface area contributed by atoms with Crippen LogP contribution in [0.4, 0.5) is 0 Å². The van der Waals surface area contributed by atoms with Crippen LogP contribution >= 0.6 is 0 Å². The first-order valence-corrected chi connectivity index (χ1v) is 9.75. The lowest BCUT2D eigenvalue weighted by Crippen LogP contribution is -2.45. The minimum atomic E-state index is -0.788. The molecule has 3 fully saturated rings. The Balaban J connectivity index is -0.000000405. The Bertz CT molecular complexity index is 568. The Hall–Kier alpha value is -1.73. The van der Waals surface area contributed by atoms with E-state index < -0.39 is 5.97 Å². The van der Waals surface area contributed by atoms with E-state index in [1.54, 1.807) is 0 Å². The third-order valence-corrected chi connectivity index (χ3v) is 4.45. The molecule has 29 heavy (non-hydrogen) atoms. The highest BCUT2D eigenvalue weighted by atomic mass is 16.4. The number of nitrogens with one attached hydrogen (secondary N) is 3. The maximum Gasteiger partial charge on any atom is 0.317 e. The summed E-state index contributed by atoms with van der Waals surface area (Å²) < 4.78 is 34.4. The summed E-state index contributed by atoms with van der Waals surface area (Å²) in [5, 5.41) is 31.3. The summed E-state index contributed by atoms with van der Waals surface area (Å²) in [6.07, 6.45) is 0. The van der Waals surface area contributed by atoms with Gasteiger partial charge in [-0.15, -0.1) is 0 Å². The fourth-order valence-corrected chi connectivity index (χ4v) is 2.87. The third-order valence-electron chi connectivity index (χ3n) is 4.45. The molecule has 0 aromatic heterocycles. The van der Waals surface area contributed by atoms with Gasteiger partial charge in [0.25, 0.3) is 0 Å². The van der Waals surface area contributed by atoms with Gasteiger partial charge in [-0.1, -0.05) is 0 Å². The van der Waals surface area contributed by atoms with Crippen molar-refractivity contribution in [1.82, 2.24) is 30.6 Å². The van der Waals surface area contributed by atoms with Gasteiger partial charge in [0.2, 0.25) is 0 Å². The van der Waals surface area contributed by atoms with Crippen molar-refractivity contribution in [1.29, 1.82) is 10.5 Å². The Morgan fingerprint density at radius 2 is 1.28 bits per heavy atom. The third kappa shape index (κ3) is 14.9. The molecule has 0 amide bonds. The molecule has 0 aromatic carbocycles. The average Bonchev–Trinajstić information content (AvgIpc) is 2.86. The molecule has 3 rings (SSSR count). The molecule has 3 aliphatic rings. The lowest BCUT2D eigenvalue weighted by atomic mass is 10.3. The van der Waals surface area contributed by atoms with E-state index in [4.69, 9.17) is 24.4 Å². The first-order valence-electron chi connectivity index (χ1n) is 12.6. The molecule has 0 saturated carbocycles. The van der Waals surface area contributed by atoms with E-state index in [1.165, 1.54) is 10.6 Å². The molecular formula is C18H38BN8O2. The van der Waals surface area contributed by atoms with E-state index >= 15 is 0 Å². The molecule has 3 saturated heterocycles. The quantitative estimate of drug-likeness (QED) is 0.296. The number of carbonyl (C=O) groups is 1. The molecule has 0 unspecified atom stereocenters. The number of aliphatic carboxylic acids is 1. The van der Waals surface area contributed by atoms with Crippen molar-refractivity contribution in [3.8, 4) is 12.1 Å². The van der Waals surface area contributed by atoms with Crippen LogP contribution in [-0.4, -0.2) is 132 Å². The molecule has 0 bridgehead atoms. The zero-order valence-corrected chi connectivity index (χ0v) is 17.2. The highest BCUT2D eigenvalue weighted by Gasteiger charge is 2.11. The molecular weight excluding hydrogens is 371 g/mol. The lowest BCUT2D eigenvalue weighted by molar-refractivity contribution is -0.138. The average molecular weight is 421 g/mol. The second-order valence-corrected chi connectivity index (χ2v) is 6.63. The lowest BCUT2D eigenvalue weighted by Gasteiger charge is -2.25. The summed E-state index contributed by atoms with van der Waals surface area (Å²) in [5.74, 6) is -0.788. The number of hydrogen-bond acceptors (Lipinski definition) is 9. The van der Waals surface area contributed by atoms with E-state index in [-0.39, 0.29) is 15.0 Å². The highest BCUT2D eigenvalue weighted by molar-refractivity contribution is 5.75. The predicted octanol–water partition coefficient (Wildman–Crippen LogP) is -2.08. The fourth-order valence-electron chi connectivity index (χ4n) is 2.87. The van der Waals surface area contributed by atoms with Gasteiger partial charge in [-0.3, -0.25) is 19.5 Å². The second kappa shape index (κ2) is 18.3. The topological polar surface area (TPSA) is 131 Å². The Labute approximate surface area is 185 Å². The van der Waals surface area contributed by atoms with Crippen LogP contribution in [0.1, 0.15) is 5.94 Å². The standard InChI is InChI=1S/2C6H11N3.C6H12N2O2.B.2H2/c2*7-1-4-9-5-2-8-3-6-9;9-6(10)5-8-3-1-7-2-4-8;;;/h2*8H,2-6H2;7H,1-5H2,(H,9,10);;2*1H/i;;;;2*1+2T/hT2. The van der Waals surface area contributed by atoms with E-state index in [2.05, 4.69) is 27.3 Å². The second-order valence-electron chi connectivity index (χ2n) is 6.63. The molecule has 4 N–H and O–H groups in total. The molecule has 3 aliphatic heterocycles. The van der Waals surface area contributed by atoms with Crippen LogP contribution in [-0.2, 0) is 4.79 Å². The van der Waals surface area contributed by atoms with Gasteiger partial charge in [-0.25, -0.2) is 0 Å². The zero-order chi connectivity index (χ0) is 26.2. The molecule has 3 heterocycles. The Kier molecular flexibility index (Phi) is 13.0. The van der Waals surface area contributed by atoms with Crippen molar-refractivity contribution < 1.29 is 18.7 Å². The maximum atomic E-state index is 10.2. The summed E-state index contributed by atoms with van der Waals surface area (Å²) in [6, 6.07) is 4.23. The first kappa shape index (κ1) is 20.5. The van der Waals surface area contributed by atoms with Gasteiger partial charge in [0, 0.05) is 92.9 Å². The van der Waals surface area contributed by atoms with Gasteiger partial charge in [-0.05, 0) is 0 Å². The zero-order valence-electron chi connectivity index (χ0n) is 23.2. The van der Waals surface area contributed by atoms with Gasteiger partial charge in [0.1, 0.15) is 2.82 Å². The van der Waals surface area contributed by atoms with Crippen molar-refractivity contribution in [2.75, 3.05) is 98.2 Å². The number of nitriles is 2. The monoisotopic (exact) mass is 421 g/mol. The van der Waals surface area contributed by atoms with Crippen LogP contribution < -0.4 is 15.9 Å². The van der Waals surface area contributed by atoms with Crippen LogP contribution in [0, 0.1) is 22.7 Å². The highest BCUT2D eigenvalue weighted by Crippen LogP contribution is 1.90. The molecule has 165 valence electrons. The number of rotatable bonds is 4. The van der Waals surface area contributed by atoms with Crippen molar-refractivity contribution in [3.05, 3.63) is 0 Å². The number of carboxylic acid groups (broad SMARTS) is 1. The maximum absolute atomic E-state index is 10.2. The molecule has 3 radical (unpaired) electrons. The van der Waals surface area contributed by atoms with Crippen LogP contribution in [0.5, 0.6) is 0 Å². The summed E-state index contributed by atoms with van der Waals surface area (Å²) in [4.78, 5) is 16.3. The molecule has 10 nitrogen and oxygen atoms in total. The molecule has 11 heteroatoms. The Morgan fingerprint density at radius 3 is 1.66 bits per heavy atom. The van der Waals surface area contributed by atoms with E-state index in [9.17, 15) is 4.79 Å². The summed E-state index contributed by atoms with van der Waals surface area (Å²) in [5.41, 5.74) is 0. The number of carboxylic acids is 1. The van der Waals surface area contributed by atoms with Gasteiger partial charge < -0.3 is 21.0 Å². The normalized spacial score (nSPS) is 23.2. The smallest absolute Gasteiger partial charge is 0.317 e. The van der Waals surface area contributed by atoms with E-state index in [0.29, 0.717) is 39.3 Å². The minimum absolute atomic E-state index is 0. The van der Waals surface area contributed by atoms with Gasteiger partial charge in [-0.2, -0.15) is 10.5 Å². The van der Waals surface area contributed by atoms with E-state index in [1.807, 2.05) is 4.90 Å². The van der Waals surface area contributed by atoms with Crippen LogP contribution in [0.2, 0.25) is 2.82 Å². The fraction of sp³-hybridized carbons (Fsp3) is 0.833.